The van der Waals surface area contributed by atoms with Crippen molar-refractivity contribution in [2.75, 3.05) is 19.6 Å². The minimum atomic E-state index is 0.394. The molecule has 0 saturated heterocycles. The van der Waals surface area contributed by atoms with Crippen molar-refractivity contribution in [3.63, 3.8) is 0 Å². The number of aromatic nitrogens is 2. The van der Waals surface area contributed by atoms with E-state index in [0.29, 0.717) is 6.04 Å². The van der Waals surface area contributed by atoms with Crippen molar-refractivity contribution in [3.8, 4) is 0 Å². The predicted molar refractivity (Wildman–Crippen MR) is 85.8 cm³/mol. The Hall–Kier alpha value is -1.78. The zero-order valence-corrected chi connectivity index (χ0v) is 12.9. The van der Waals surface area contributed by atoms with E-state index in [9.17, 15) is 0 Å². The van der Waals surface area contributed by atoms with E-state index in [1.165, 1.54) is 5.56 Å². The van der Waals surface area contributed by atoms with Crippen LogP contribution in [0.2, 0.25) is 0 Å². The van der Waals surface area contributed by atoms with E-state index < -0.39 is 0 Å². The lowest BCUT2D eigenvalue weighted by Crippen LogP contribution is -2.35. The molecule has 1 aromatic carbocycles. The molecule has 0 radical (unpaired) electrons. The molecule has 21 heavy (non-hydrogen) atoms. The first-order valence-corrected chi connectivity index (χ1v) is 7.58. The SMILES string of the molecule is CCN(CC)C(CNCc1cncnc1)c1ccccc1. The van der Waals surface area contributed by atoms with Gasteiger partial charge in [-0.15, -0.1) is 0 Å². The van der Waals surface area contributed by atoms with Gasteiger partial charge in [-0.2, -0.15) is 0 Å². The molecule has 1 unspecified atom stereocenters. The van der Waals surface area contributed by atoms with Gasteiger partial charge in [-0.3, -0.25) is 4.90 Å². The molecule has 1 atom stereocenters. The number of benzene rings is 1. The van der Waals surface area contributed by atoms with Crippen molar-refractivity contribution in [2.45, 2.75) is 26.4 Å². The quantitative estimate of drug-likeness (QED) is 0.809. The summed E-state index contributed by atoms with van der Waals surface area (Å²) in [7, 11) is 0. The molecule has 0 amide bonds. The Morgan fingerprint density at radius 3 is 2.33 bits per heavy atom. The lowest BCUT2D eigenvalue weighted by atomic mass is 10.1. The third-order valence-electron chi connectivity index (χ3n) is 3.72. The topological polar surface area (TPSA) is 41.0 Å². The van der Waals surface area contributed by atoms with Gasteiger partial charge < -0.3 is 5.32 Å². The third kappa shape index (κ3) is 4.62. The van der Waals surface area contributed by atoms with Crippen LogP contribution in [0.25, 0.3) is 0 Å². The van der Waals surface area contributed by atoms with E-state index in [1.807, 2.05) is 12.4 Å². The van der Waals surface area contributed by atoms with Gasteiger partial charge in [-0.1, -0.05) is 44.2 Å². The predicted octanol–water partition coefficient (Wildman–Crippen LogP) is 2.65. The van der Waals surface area contributed by atoms with E-state index >= 15 is 0 Å². The molecule has 1 aromatic heterocycles. The first-order chi connectivity index (χ1) is 10.3. The van der Waals surface area contributed by atoms with Crippen LogP contribution in [0.5, 0.6) is 0 Å². The normalized spacial score (nSPS) is 12.5. The summed E-state index contributed by atoms with van der Waals surface area (Å²) in [5, 5.41) is 3.53. The summed E-state index contributed by atoms with van der Waals surface area (Å²) in [6.45, 7) is 8.24. The lowest BCUT2D eigenvalue weighted by molar-refractivity contribution is 0.213. The standard InChI is InChI=1S/C17H24N4/c1-3-21(4-2)17(16-8-6-5-7-9-16)13-18-10-15-11-19-14-20-12-15/h5-9,11-12,14,17-18H,3-4,10,13H2,1-2H3. The van der Waals surface area contributed by atoms with E-state index in [-0.39, 0.29) is 0 Å². The van der Waals surface area contributed by atoms with Crippen LogP contribution < -0.4 is 5.32 Å². The Bertz CT molecular complexity index is 497. The molecule has 4 nitrogen and oxygen atoms in total. The summed E-state index contributed by atoms with van der Waals surface area (Å²) in [5.74, 6) is 0. The number of nitrogens with zero attached hydrogens (tertiary/aromatic N) is 3. The van der Waals surface area contributed by atoms with Gasteiger partial charge in [0, 0.05) is 37.1 Å². The van der Waals surface area contributed by atoms with Crippen molar-refractivity contribution in [3.05, 3.63) is 60.2 Å². The summed E-state index contributed by atoms with van der Waals surface area (Å²) in [6.07, 6.45) is 5.27. The minimum Gasteiger partial charge on any atom is -0.311 e. The van der Waals surface area contributed by atoms with Crippen LogP contribution in [0, 0.1) is 0 Å². The minimum absolute atomic E-state index is 0.394. The summed E-state index contributed by atoms with van der Waals surface area (Å²) in [5.41, 5.74) is 2.47. The second-order valence-electron chi connectivity index (χ2n) is 5.03. The molecular formula is C17H24N4. The lowest BCUT2D eigenvalue weighted by Gasteiger charge is -2.30. The summed E-state index contributed by atoms with van der Waals surface area (Å²) in [6, 6.07) is 11.1. The van der Waals surface area contributed by atoms with Crippen LogP contribution in [0.4, 0.5) is 0 Å². The second kappa shape index (κ2) is 8.49. The Morgan fingerprint density at radius 2 is 1.71 bits per heavy atom. The fourth-order valence-electron chi connectivity index (χ4n) is 2.57. The van der Waals surface area contributed by atoms with Gasteiger partial charge in [0.1, 0.15) is 6.33 Å². The first-order valence-electron chi connectivity index (χ1n) is 7.58. The average Bonchev–Trinajstić information content (AvgIpc) is 2.56. The van der Waals surface area contributed by atoms with Gasteiger partial charge in [0.25, 0.3) is 0 Å². The first kappa shape index (κ1) is 15.6. The van der Waals surface area contributed by atoms with Crippen LogP contribution in [-0.2, 0) is 6.54 Å². The maximum absolute atomic E-state index is 4.05. The second-order valence-corrected chi connectivity index (χ2v) is 5.03. The van der Waals surface area contributed by atoms with E-state index in [4.69, 9.17) is 0 Å². The number of rotatable bonds is 8. The highest BCUT2D eigenvalue weighted by Gasteiger charge is 2.17. The van der Waals surface area contributed by atoms with Crippen LogP contribution in [0.3, 0.4) is 0 Å². The molecule has 0 bridgehead atoms. The molecule has 0 aliphatic rings. The molecule has 0 fully saturated rings. The molecule has 0 saturated carbocycles. The number of hydrogen-bond donors (Lipinski definition) is 1. The van der Waals surface area contributed by atoms with Crippen molar-refractivity contribution < 1.29 is 0 Å². The molecule has 0 aliphatic heterocycles. The molecule has 4 heteroatoms. The Labute approximate surface area is 127 Å². The molecular weight excluding hydrogens is 260 g/mol. The van der Waals surface area contributed by atoms with Gasteiger partial charge in [0.2, 0.25) is 0 Å². The molecule has 0 aliphatic carbocycles. The monoisotopic (exact) mass is 284 g/mol. The van der Waals surface area contributed by atoms with Gasteiger partial charge in [-0.05, 0) is 18.7 Å². The average molecular weight is 284 g/mol. The van der Waals surface area contributed by atoms with Gasteiger partial charge in [-0.25, -0.2) is 9.97 Å². The third-order valence-corrected chi connectivity index (χ3v) is 3.72. The van der Waals surface area contributed by atoms with Crippen molar-refractivity contribution >= 4 is 0 Å². The zero-order valence-electron chi connectivity index (χ0n) is 12.9. The van der Waals surface area contributed by atoms with E-state index in [2.05, 4.69) is 64.4 Å². The molecule has 112 valence electrons. The van der Waals surface area contributed by atoms with Crippen molar-refractivity contribution in [1.29, 1.82) is 0 Å². The number of nitrogens with one attached hydrogen (secondary N) is 1. The fraction of sp³-hybridized carbons (Fsp3) is 0.412. The summed E-state index contributed by atoms with van der Waals surface area (Å²) < 4.78 is 0. The number of likely N-dealkylation sites (N-methyl/N-ethyl adjacent to an activating group) is 1. The molecule has 2 aromatic rings. The fourth-order valence-corrected chi connectivity index (χ4v) is 2.57. The smallest absolute Gasteiger partial charge is 0.115 e. The van der Waals surface area contributed by atoms with Gasteiger partial charge >= 0.3 is 0 Å². The molecule has 0 spiro atoms. The van der Waals surface area contributed by atoms with Crippen LogP contribution in [0.15, 0.2) is 49.1 Å². The maximum atomic E-state index is 4.05. The van der Waals surface area contributed by atoms with Crippen molar-refractivity contribution in [2.24, 2.45) is 0 Å². The number of hydrogen-bond acceptors (Lipinski definition) is 4. The largest absolute Gasteiger partial charge is 0.311 e. The Morgan fingerprint density at radius 1 is 1.05 bits per heavy atom. The zero-order chi connectivity index (χ0) is 14.9. The Kier molecular flexibility index (Phi) is 6.31. The van der Waals surface area contributed by atoms with Crippen molar-refractivity contribution in [1.82, 2.24) is 20.2 Å². The van der Waals surface area contributed by atoms with Gasteiger partial charge in [0.15, 0.2) is 0 Å². The molecule has 1 N–H and O–H groups in total. The summed E-state index contributed by atoms with van der Waals surface area (Å²) in [4.78, 5) is 10.6. The molecule has 1 heterocycles. The highest BCUT2D eigenvalue weighted by atomic mass is 15.2. The van der Waals surface area contributed by atoms with E-state index in [0.717, 1.165) is 31.7 Å². The van der Waals surface area contributed by atoms with Crippen LogP contribution in [0.1, 0.15) is 31.0 Å². The van der Waals surface area contributed by atoms with Crippen LogP contribution in [-0.4, -0.2) is 34.5 Å². The van der Waals surface area contributed by atoms with Gasteiger partial charge in [0.05, 0.1) is 0 Å². The highest BCUT2D eigenvalue weighted by molar-refractivity contribution is 5.19. The summed E-state index contributed by atoms with van der Waals surface area (Å²) >= 11 is 0. The van der Waals surface area contributed by atoms with E-state index in [1.54, 1.807) is 6.33 Å². The molecule has 2 rings (SSSR count). The Balaban J connectivity index is 1.99. The highest BCUT2D eigenvalue weighted by Crippen LogP contribution is 2.19. The van der Waals surface area contributed by atoms with Crippen LogP contribution >= 0.6 is 0 Å². The maximum Gasteiger partial charge on any atom is 0.115 e.